The largest absolute Gasteiger partial charge is 0.382 e. The number of anilines is 1. The second kappa shape index (κ2) is 5.59. The quantitative estimate of drug-likeness (QED) is 0.927. The molecule has 1 heterocycles. The molecule has 0 aromatic heterocycles. The number of rotatable bonds is 3. The van der Waals surface area contributed by atoms with Crippen LogP contribution in [0.1, 0.15) is 25.7 Å². The molecule has 1 aromatic carbocycles. The zero-order valence-electron chi connectivity index (χ0n) is 12.2. The number of hydrogen-bond acceptors (Lipinski definition) is 5. The van der Waals surface area contributed by atoms with Crippen molar-refractivity contribution in [2.45, 2.75) is 42.4 Å². The number of sulfone groups is 1. The van der Waals surface area contributed by atoms with Crippen molar-refractivity contribution in [2.24, 2.45) is 0 Å². The smallest absolute Gasteiger partial charge is 0.175 e. The van der Waals surface area contributed by atoms with E-state index in [-0.39, 0.29) is 5.79 Å². The van der Waals surface area contributed by atoms with Crippen LogP contribution in [0, 0.1) is 0 Å². The molecule has 0 unspecified atom stereocenters. The van der Waals surface area contributed by atoms with Crippen LogP contribution in [-0.4, -0.2) is 39.7 Å². The predicted octanol–water partition coefficient (Wildman–Crippen LogP) is 2.19. The van der Waals surface area contributed by atoms with Crippen molar-refractivity contribution >= 4 is 15.5 Å². The number of benzene rings is 1. The zero-order chi connectivity index (χ0) is 14.9. The van der Waals surface area contributed by atoms with E-state index in [9.17, 15) is 8.42 Å². The van der Waals surface area contributed by atoms with E-state index in [1.165, 1.54) is 6.26 Å². The van der Waals surface area contributed by atoms with Gasteiger partial charge in [0.1, 0.15) is 0 Å². The number of ether oxygens (including phenoxy) is 2. The first-order valence-electron chi connectivity index (χ1n) is 7.31. The third-order valence-electron chi connectivity index (χ3n) is 4.19. The summed E-state index contributed by atoms with van der Waals surface area (Å²) < 4.78 is 34.6. The predicted molar refractivity (Wildman–Crippen MR) is 80.1 cm³/mol. The molecule has 1 N–H and O–H groups in total. The number of hydrogen-bond donors (Lipinski definition) is 1. The van der Waals surface area contributed by atoms with Gasteiger partial charge >= 0.3 is 0 Å². The highest BCUT2D eigenvalue weighted by atomic mass is 32.2. The highest BCUT2D eigenvalue weighted by Gasteiger charge is 2.40. The van der Waals surface area contributed by atoms with E-state index in [2.05, 4.69) is 5.32 Å². The highest BCUT2D eigenvalue weighted by molar-refractivity contribution is 7.90. The standard InChI is InChI=1S/C15H21NO4S/c1-21(17,18)14-4-2-3-13(11-14)16-12-5-7-15(8-6-12)19-9-10-20-15/h2-4,11-12,16H,5-10H2,1H3. The molecule has 116 valence electrons. The lowest BCUT2D eigenvalue weighted by molar-refractivity contribution is -0.177. The molecular formula is C15H21NO4S. The van der Waals surface area contributed by atoms with Crippen molar-refractivity contribution in [1.29, 1.82) is 0 Å². The van der Waals surface area contributed by atoms with Gasteiger partial charge in [0, 0.05) is 30.8 Å². The van der Waals surface area contributed by atoms with Gasteiger partial charge in [0.15, 0.2) is 15.6 Å². The molecule has 0 amide bonds. The molecule has 5 nitrogen and oxygen atoms in total. The fourth-order valence-corrected chi connectivity index (χ4v) is 3.71. The molecule has 0 radical (unpaired) electrons. The fraction of sp³-hybridized carbons (Fsp3) is 0.600. The van der Waals surface area contributed by atoms with Crippen molar-refractivity contribution in [3.63, 3.8) is 0 Å². The van der Waals surface area contributed by atoms with Gasteiger partial charge in [-0.1, -0.05) is 6.07 Å². The molecule has 1 saturated heterocycles. The normalized spacial score (nSPS) is 22.5. The Morgan fingerprint density at radius 1 is 1.19 bits per heavy atom. The summed E-state index contributed by atoms with van der Waals surface area (Å²) in [5.41, 5.74) is 0.854. The van der Waals surface area contributed by atoms with Crippen LogP contribution in [0.2, 0.25) is 0 Å². The van der Waals surface area contributed by atoms with E-state index in [4.69, 9.17) is 9.47 Å². The van der Waals surface area contributed by atoms with Crippen LogP contribution in [-0.2, 0) is 19.3 Å². The maximum absolute atomic E-state index is 11.6. The van der Waals surface area contributed by atoms with Crippen LogP contribution in [0.25, 0.3) is 0 Å². The van der Waals surface area contributed by atoms with E-state index in [1.807, 2.05) is 6.07 Å². The molecule has 6 heteroatoms. The summed E-state index contributed by atoms with van der Waals surface area (Å²) in [5.74, 6) is -0.354. The first kappa shape index (κ1) is 14.8. The first-order chi connectivity index (χ1) is 9.97. The topological polar surface area (TPSA) is 64.6 Å². The molecule has 0 atom stereocenters. The summed E-state index contributed by atoms with van der Waals surface area (Å²) >= 11 is 0. The Kier molecular flexibility index (Phi) is 3.94. The van der Waals surface area contributed by atoms with Crippen molar-refractivity contribution in [2.75, 3.05) is 24.8 Å². The minimum atomic E-state index is -3.16. The van der Waals surface area contributed by atoms with Crippen LogP contribution in [0.15, 0.2) is 29.2 Å². The van der Waals surface area contributed by atoms with Gasteiger partial charge in [0.05, 0.1) is 18.1 Å². The molecule has 1 saturated carbocycles. The van der Waals surface area contributed by atoms with Gasteiger partial charge in [-0.05, 0) is 31.0 Å². The molecule has 21 heavy (non-hydrogen) atoms. The van der Waals surface area contributed by atoms with Crippen LogP contribution < -0.4 is 5.32 Å². The van der Waals surface area contributed by atoms with E-state index in [0.717, 1.165) is 31.4 Å². The average molecular weight is 311 g/mol. The molecule has 2 aliphatic rings. The Hall–Kier alpha value is -1.11. The van der Waals surface area contributed by atoms with E-state index < -0.39 is 9.84 Å². The lowest BCUT2D eigenvalue weighted by atomic mass is 9.90. The molecule has 3 rings (SSSR count). The molecule has 0 bridgehead atoms. The Bertz CT molecular complexity index is 598. The van der Waals surface area contributed by atoms with Crippen LogP contribution >= 0.6 is 0 Å². The number of nitrogens with one attached hydrogen (secondary N) is 1. The van der Waals surface area contributed by atoms with Crippen LogP contribution in [0.4, 0.5) is 5.69 Å². The highest BCUT2D eigenvalue weighted by Crippen LogP contribution is 2.36. The van der Waals surface area contributed by atoms with Crippen molar-refractivity contribution in [3.8, 4) is 0 Å². The maximum atomic E-state index is 11.6. The van der Waals surface area contributed by atoms with Crippen molar-refractivity contribution < 1.29 is 17.9 Å². The van der Waals surface area contributed by atoms with Gasteiger partial charge in [0.25, 0.3) is 0 Å². The van der Waals surface area contributed by atoms with E-state index in [1.54, 1.807) is 18.2 Å². The van der Waals surface area contributed by atoms with Gasteiger partial charge in [-0.2, -0.15) is 0 Å². The van der Waals surface area contributed by atoms with Crippen molar-refractivity contribution in [1.82, 2.24) is 0 Å². The summed E-state index contributed by atoms with van der Waals surface area (Å²) in [7, 11) is -3.16. The molecule has 2 fully saturated rings. The van der Waals surface area contributed by atoms with Gasteiger partial charge in [-0.25, -0.2) is 8.42 Å². The second-order valence-corrected chi connectivity index (χ2v) is 7.84. The van der Waals surface area contributed by atoms with E-state index >= 15 is 0 Å². The maximum Gasteiger partial charge on any atom is 0.175 e. The van der Waals surface area contributed by atoms with Gasteiger partial charge in [-0.3, -0.25) is 0 Å². The van der Waals surface area contributed by atoms with Gasteiger partial charge in [0.2, 0.25) is 0 Å². The van der Waals surface area contributed by atoms with Gasteiger partial charge < -0.3 is 14.8 Å². The third-order valence-corrected chi connectivity index (χ3v) is 5.30. The minimum absolute atomic E-state index is 0.332. The Balaban J connectivity index is 1.63. The van der Waals surface area contributed by atoms with E-state index in [0.29, 0.717) is 24.2 Å². The Morgan fingerprint density at radius 3 is 2.48 bits per heavy atom. The molecule has 1 spiro atoms. The Morgan fingerprint density at radius 2 is 1.86 bits per heavy atom. The molecular weight excluding hydrogens is 290 g/mol. The van der Waals surface area contributed by atoms with Crippen molar-refractivity contribution in [3.05, 3.63) is 24.3 Å². The summed E-state index contributed by atoms with van der Waals surface area (Å²) in [6.07, 6.45) is 4.92. The summed E-state index contributed by atoms with van der Waals surface area (Å²) in [4.78, 5) is 0.349. The third kappa shape index (κ3) is 3.39. The SMILES string of the molecule is CS(=O)(=O)c1cccc(NC2CCC3(CC2)OCCO3)c1. The fourth-order valence-electron chi connectivity index (χ4n) is 3.04. The zero-order valence-corrected chi connectivity index (χ0v) is 13.0. The Labute approximate surface area is 125 Å². The van der Waals surface area contributed by atoms with Crippen LogP contribution in [0.3, 0.4) is 0 Å². The molecule has 1 aliphatic heterocycles. The first-order valence-corrected chi connectivity index (χ1v) is 9.21. The summed E-state index contributed by atoms with van der Waals surface area (Å²) in [5, 5.41) is 3.42. The molecule has 1 aliphatic carbocycles. The monoisotopic (exact) mass is 311 g/mol. The summed E-state index contributed by atoms with van der Waals surface area (Å²) in [6.45, 7) is 1.38. The second-order valence-electron chi connectivity index (χ2n) is 5.83. The average Bonchev–Trinajstić information content (AvgIpc) is 2.90. The summed E-state index contributed by atoms with van der Waals surface area (Å²) in [6, 6.07) is 7.32. The lowest BCUT2D eigenvalue weighted by Gasteiger charge is -2.36. The lowest BCUT2D eigenvalue weighted by Crippen LogP contribution is -2.39. The minimum Gasteiger partial charge on any atom is -0.382 e. The van der Waals surface area contributed by atoms with Crippen LogP contribution in [0.5, 0.6) is 0 Å². The molecule has 1 aromatic rings. The van der Waals surface area contributed by atoms with Gasteiger partial charge in [-0.15, -0.1) is 0 Å².